The van der Waals surface area contributed by atoms with E-state index in [9.17, 15) is 14.0 Å². The number of fused-ring (bicyclic) bond motifs is 1. The summed E-state index contributed by atoms with van der Waals surface area (Å²) in [5.74, 6) is -0.576. The first-order valence-electron chi connectivity index (χ1n) is 8.79. The second-order valence-corrected chi connectivity index (χ2v) is 6.43. The first-order valence-corrected chi connectivity index (χ1v) is 8.79. The van der Waals surface area contributed by atoms with Gasteiger partial charge in [0.1, 0.15) is 11.6 Å². The summed E-state index contributed by atoms with van der Waals surface area (Å²) in [6.45, 7) is 0.139. The van der Waals surface area contributed by atoms with Gasteiger partial charge in [0.05, 0.1) is 24.9 Å². The van der Waals surface area contributed by atoms with Crippen molar-refractivity contribution in [2.24, 2.45) is 0 Å². The Morgan fingerprint density at radius 1 is 1.00 bits per heavy atom. The highest BCUT2D eigenvalue weighted by Crippen LogP contribution is 2.17. The van der Waals surface area contributed by atoms with E-state index < -0.39 is 11.7 Å². The van der Waals surface area contributed by atoms with E-state index in [2.05, 4.69) is 4.98 Å². The Labute approximate surface area is 160 Å². The zero-order valence-electron chi connectivity index (χ0n) is 14.9. The zero-order chi connectivity index (χ0) is 19.5. The molecule has 0 radical (unpaired) electrons. The molecule has 0 aliphatic carbocycles. The largest absolute Gasteiger partial charge is 0.467 e. The summed E-state index contributed by atoms with van der Waals surface area (Å²) in [7, 11) is 0. The molecule has 2 aromatic heterocycles. The zero-order valence-corrected chi connectivity index (χ0v) is 14.9. The van der Waals surface area contributed by atoms with Crippen LogP contribution < -0.4 is 5.56 Å². The van der Waals surface area contributed by atoms with Gasteiger partial charge in [0.25, 0.3) is 11.5 Å². The minimum Gasteiger partial charge on any atom is -0.467 e. The molecule has 0 bridgehead atoms. The monoisotopic (exact) mass is 376 g/mol. The molecule has 28 heavy (non-hydrogen) atoms. The van der Waals surface area contributed by atoms with Crippen molar-refractivity contribution in [3.8, 4) is 0 Å². The molecule has 4 aromatic rings. The predicted molar refractivity (Wildman–Crippen MR) is 103 cm³/mol. The van der Waals surface area contributed by atoms with Crippen LogP contribution in [-0.2, 0) is 13.1 Å². The lowest BCUT2D eigenvalue weighted by molar-refractivity contribution is 0.0712. The normalized spacial score (nSPS) is 10.9. The number of hydrogen-bond acceptors (Lipinski definition) is 3. The van der Waals surface area contributed by atoms with Crippen molar-refractivity contribution >= 4 is 16.8 Å². The third kappa shape index (κ3) is 3.57. The highest BCUT2D eigenvalue weighted by Gasteiger charge is 2.21. The van der Waals surface area contributed by atoms with Gasteiger partial charge >= 0.3 is 0 Å². The summed E-state index contributed by atoms with van der Waals surface area (Å²) in [5.41, 5.74) is 0.792. The second-order valence-electron chi connectivity index (χ2n) is 6.43. The molecular formula is C22H17FN2O3. The Bertz CT molecular complexity index is 1180. The van der Waals surface area contributed by atoms with Crippen LogP contribution in [0, 0.1) is 5.82 Å². The summed E-state index contributed by atoms with van der Waals surface area (Å²) in [6.07, 6.45) is 1.50. The lowest BCUT2D eigenvalue weighted by atomic mass is 10.1. The number of furan rings is 1. The summed E-state index contributed by atoms with van der Waals surface area (Å²) >= 11 is 0. The minimum absolute atomic E-state index is 0.0219. The van der Waals surface area contributed by atoms with Crippen molar-refractivity contribution in [2.45, 2.75) is 13.1 Å². The number of aromatic nitrogens is 1. The van der Waals surface area contributed by atoms with Crippen LogP contribution in [0.2, 0.25) is 0 Å². The Morgan fingerprint density at radius 3 is 2.57 bits per heavy atom. The Balaban J connectivity index is 1.72. The molecule has 0 saturated heterocycles. The van der Waals surface area contributed by atoms with E-state index in [-0.39, 0.29) is 24.2 Å². The molecule has 0 aliphatic rings. The lowest BCUT2D eigenvalue weighted by Crippen LogP contribution is -2.33. The van der Waals surface area contributed by atoms with Gasteiger partial charge in [-0.05, 0) is 41.8 Å². The maximum Gasteiger partial charge on any atom is 0.257 e. The van der Waals surface area contributed by atoms with Crippen molar-refractivity contribution in [2.75, 3.05) is 0 Å². The molecule has 140 valence electrons. The number of nitrogens with one attached hydrogen (secondary N) is 1. The number of nitrogens with zero attached hydrogens (tertiary/aromatic N) is 1. The van der Waals surface area contributed by atoms with Crippen LogP contribution in [0.15, 0.2) is 82.2 Å². The van der Waals surface area contributed by atoms with E-state index in [0.29, 0.717) is 16.8 Å². The topological polar surface area (TPSA) is 66.3 Å². The average Bonchev–Trinajstić information content (AvgIpc) is 3.21. The maximum atomic E-state index is 14.2. The molecule has 2 heterocycles. The predicted octanol–water partition coefficient (Wildman–Crippen LogP) is 4.10. The van der Waals surface area contributed by atoms with Gasteiger partial charge in [0, 0.05) is 11.1 Å². The molecule has 1 N–H and O–H groups in total. The number of amides is 1. The third-order valence-electron chi connectivity index (χ3n) is 4.51. The van der Waals surface area contributed by atoms with E-state index in [1.165, 1.54) is 29.4 Å². The van der Waals surface area contributed by atoms with Crippen molar-refractivity contribution in [3.05, 3.63) is 106 Å². The van der Waals surface area contributed by atoms with Gasteiger partial charge in [-0.15, -0.1) is 0 Å². The van der Waals surface area contributed by atoms with Crippen molar-refractivity contribution in [1.82, 2.24) is 9.88 Å². The number of para-hydroxylation sites is 1. The molecule has 0 spiro atoms. The first-order chi connectivity index (χ1) is 13.6. The number of benzene rings is 2. The van der Waals surface area contributed by atoms with Gasteiger partial charge in [-0.25, -0.2) is 4.39 Å². The molecule has 0 saturated carbocycles. The molecule has 6 heteroatoms. The molecule has 0 unspecified atom stereocenters. The summed E-state index contributed by atoms with van der Waals surface area (Å²) in [6, 6.07) is 18.4. The summed E-state index contributed by atoms with van der Waals surface area (Å²) in [5, 5.41) is 0.855. The van der Waals surface area contributed by atoms with Crippen molar-refractivity contribution < 1.29 is 13.6 Å². The van der Waals surface area contributed by atoms with Crippen molar-refractivity contribution in [1.29, 1.82) is 0 Å². The van der Waals surface area contributed by atoms with E-state index in [1.54, 1.807) is 24.3 Å². The van der Waals surface area contributed by atoms with Crippen LogP contribution in [0.3, 0.4) is 0 Å². The van der Waals surface area contributed by atoms with Gasteiger partial charge in [-0.2, -0.15) is 0 Å². The number of rotatable bonds is 5. The standard InChI is InChI=1S/C22H17FN2O3/c23-19-9-3-2-8-18(19)22(27)25(14-17-7-5-11-28-17)13-16-12-15-6-1-4-10-20(15)24-21(16)26/h1-12H,13-14H2,(H,24,26). The Kier molecular flexibility index (Phi) is 4.76. The number of pyridine rings is 1. The SMILES string of the molecule is O=C(c1ccccc1F)N(Cc1ccco1)Cc1cc2ccccc2[nH]c1=O. The van der Waals surface area contributed by atoms with Crippen LogP contribution in [-0.4, -0.2) is 15.8 Å². The van der Waals surface area contributed by atoms with Crippen LogP contribution in [0.5, 0.6) is 0 Å². The quantitative estimate of drug-likeness (QED) is 0.570. The first kappa shape index (κ1) is 17.7. The number of halogens is 1. The highest BCUT2D eigenvalue weighted by molar-refractivity contribution is 5.94. The smallest absolute Gasteiger partial charge is 0.257 e. The van der Waals surface area contributed by atoms with E-state index >= 15 is 0 Å². The molecule has 1 amide bonds. The van der Waals surface area contributed by atoms with Gasteiger partial charge < -0.3 is 14.3 Å². The molecule has 5 nitrogen and oxygen atoms in total. The van der Waals surface area contributed by atoms with E-state index in [0.717, 1.165) is 5.39 Å². The maximum absolute atomic E-state index is 14.2. The molecule has 2 aromatic carbocycles. The number of carbonyl (C=O) groups excluding carboxylic acids is 1. The van der Waals surface area contributed by atoms with E-state index in [1.807, 2.05) is 24.3 Å². The number of carbonyl (C=O) groups is 1. The summed E-state index contributed by atoms with van der Waals surface area (Å²) in [4.78, 5) is 29.7. The van der Waals surface area contributed by atoms with Gasteiger partial charge in [-0.1, -0.05) is 30.3 Å². The lowest BCUT2D eigenvalue weighted by Gasteiger charge is -2.22. The van der Waals surface area contributed by atoms with Crippen LogP contribution >= 0.6 is 0 Å². The fraction of sp³-hybridized carbons (Fsp3) is 0.0909. The molecule has 0 aliphatic heterocycles. The van der Waals surface area contributed by atoms with E-state index in [4.69, 9.17) is 4.42 Å². The highest BCUT2D eigenvalue weighted by atomic mass is 19.1. The number of hydrogen-bond donors (Lipinski definition) is 1. The van der Waals surface area contributed by atoms with Gasteiger partial charge in [0.2, 0.25) is 0 Å². The van der Waals surface area contributed by atoms with Gasteiger partial charge in [-0.3, -0.25) is 9.59 Å². The molecular weight excluding hydrogens is 359 g/mol. The second kappa shape index (κ2) is 7.52. The van der Waals surface area contributed by atoms with Crippen molar-refractivity contribution in [3.63, 3.8) is 0 Å². The number of aromatic amines is 1. The van der Waals surface area contributed by atoms with Crippen LogP contribution in [0.4, 0.5) is 4.39 Å². The van der Waals surface area contributed by atoms with Crippen LogP contribution in [0.1, 0.15) is 21.7 Å². The van der Waals surface area contributed by atoms with Gasteiger partial charge in [0.15, 0.2) is 0 Å². The number of H-pyrrole nitrogens is 1. The fourth-order valence-corrected chi connectivity index (χ4v) is 3.11. The molecule has 0 fully saturated rings. The minimum atomic E-state index is -0.607. The Hall–Kier alpha value is -3.67. The van der Waals surface area contributed by atoms with Crippen LogP contribution in [0.25, 0.3) is 10.9 Å². The third-order valence-corrected chi connectivity index (χ3v) is 4.51. The summed E-state index contributed by atoms with van der Waals surface area (Å²) < 4.78 is 19.5. The Morgan fingerprint density at radius 2 is 1.79 bits per heavy atom. The molecule has 4 rings (SSSR count). The fourth-order valence-electron chi connectivity index (χ4n) is 3.11. The molecule has 0 atom stereocenters. The average molecular weight is 376 g/mol.